The van der Waals surface area contributed by atoms with Gasteiger partial charge in [0, 0.05) is 18.5 Å². The van der Waals surface area contributed by atoms with E-state index in [0.717, 1.165) is 36.5 Å². The van der Waals surface area contributed by atoms with Gasteiger partial charge in [0.2, 0.25) is 0 Å². The lowest BCUT2D eigenvalue weighted by atomic mass is 10.0. The van der Waals surface area contributed by atoms with Gasteiger partial charge in [-0.15, -0.1) is 0 Å². The molecule has 0 aliphatic carbocycles. The minimum Gasteiger partial charge on any atom is -0.383 e. The highest BCUT2D eigenvalue weighted by molar-refractivity contribution is 5.71. The van der Waals surface area contributed by atoms with Gasteiger partial charge in [-0.05, 0) is 43.0 Å². The van der Waals surface area contributed by atoms with Gasteiger partial charge in [-0.1, -0.05) is 6.92 Å². The van der Waals surface area contributed by atoms with Crippen LogP contribution in [0.2, 0.25) is 0 Å². The smallest absolute Gasteiger partial charge is 0.131 e. The molecule has 1 unspecified atom stereocenters. The molecule has 1 aromatic carbocycles. The van der Waals surface area contributed by atoms with E-state index in [1.807, 2.05) is 6.07 Å². The third kappa shape index (κ3) is 2.01. The summed E-state index contributed by atoms with van der Waals surface area (Å²) in [4.78, 5) is 4.66. The molecule has 100 valence electrons. The Morgan fingerprint density at radius 1 is 1.42 bits per heavy atom. The van der Waals surface area contributed by atoms with E-state index in [4.69, 9.17) is 5.73 Å². The summed E-state index contributed by atoms with van der Waals surface area (Å²) in [6, 6.07) is 5.03. The van der Waals surface area contributed by atoms with Crippen molar-refractivity contribution >= 4 is 5.82 Å². The molecular weight excluding hydrogens is 241 g/mol. The number of imidazole rings is 1. The molecule has 0 fully saturated rings. The normalized spacial score (nSPS) is 18.4. The number of fused-ring (bicyclic) bond motifs is 1. The first-order chi connectivity index (χ1) is 9.06. The summed E-state index contributed by atoms with van der Waals surface area (Å²) in [5.74, 6) is 2.21. The van der Waals surface area contributed by atoms with E-state index in [2.05, 4.69) is 16.5 Å². The van der Waals surface area contributed by atoms with Crippen LogP contribution < -0.4 is 5.73 Å². The average molecular weight is 259 g/mol. The van der Waals surface area contributed by atoms with E-state index in [-0.39, 0.29) is 5.82 Å². The fourth-order valence-corrected chi connectivity index (χ4v) is 2.69. The second-order valence-electron chi connectivity index (χ2n) is 5.48. The highest BCUT2D eigenvalue weighted by Gasteiger charge is 2.22. The molecule has 0 saturated heterocycles. The van der Waals surface area contributed by atoms with Crippen LogP contribution in [0.5, 0.6) is 0 Å². The molecule has 0 radical (unpaired) electrons. The number of hydrogen-bond acceptors (Lipinski definition) is 2. The Morgan fingerprint density at radius 3 is 2.95 bits per heavy atom. The van der Waals surface area contributed by atoms with Gasteiger partial charge in [0.15, 0.2) is 0 Å². The molecule has 2 aromatic rings. The maximum atomic E-state index is 13.3. The van der Waals surface area contributed by atoms with Crippen LogP contribution in [0.1, 0.15) is 24.7 Å². The van der Waals surface area contributed by atoms with Gasteiger partial charge < -0.3 is 10.3 Å². The van der Waals surface area contributed by atoms with Crippen molar-refractivity contribution in [3.63, 3.8) is 0 Å². The van der Waals surface area contributed by atoms with Crippen LogP contribution >= 0.6 is 0 Å². The molecule has 0 spiro atoms. The lowest BCUT2D eigenvalue weighted by Crippen LogP contribution is -2.18. The SMILES string of the molecule is Cc1cc(-c2nc3n(c2N)CCC(C)C3)ccc1F. The molecule has 3 rings (SSSR count). The zero-order chi connectivity index (χ0) is 13.6. The van der Waals surface area contributed by atoms with E-state index in [1.165, 1.54) is 6.07 Å². The van der Waals surface area contributed by atoms with Gasteiger partial charge in [0.05, 0.1) is 0 Å². The van der Waals surface area contributed by atoms with Crippen molar-refractivity contribution in [2.45, 2.75) is 33.2 Å². The largest absolute Gasteiger partial charge is 0.383 e. The lowest BCUT2D eigenvalue weighted by molar-refractivity contribution is 0.412. The van der Waals surface area contributed by atoms with Crippen molar-refractivity contribution in [3.8, 4) is 11.3 Å². The van der Waals surface area contributed by atoms with E-state index < -0.39 is 0 Å². The summed E-state index contributed by atoms with van der Waals surface area (Å²) in [6.45, 7) is 4.92. The number of benzene rings is 1. The van der Waals surface area contributed by atoms with Crippen LogP contribution in [-0.4, -0.2) is 9.55 Å². The molecule has 0 bridgehead atoms. The molecular formula is C15H18FN3. The highest BCUT2D eigenvalue weighted by Crippen LogP contribution is 2.31. The van der Waals surface area contributed by atoms with E-state index in [0.29, 0.717) is 17.3 Å². The fourth-order valence-electron chi connectivity index (χ4n) is 2.69. The van der Waals surface area contributed by atoms with Crippen LogP contribution in [0.15, 0.2) is 18.2 Å². The Morgan fingerprint density at radius 2 is 2.21 bits per heavy atom. The van der Waals surface area contributed by atoms with Crippen LogP contribution in [-0.2, 0) is 13.0 Å². The molecule has 1 aliphatic heterocycles. The third-order valence-electron chi connectivity index (χ3n) is 3.89. The molecule has 1 aliphatic rings. The monoisotopic (exact) mass is 259 g/mol. The van der Waals surface area contributed by atoms with Gasteiger partial charge in [-0.25, -0.2) is 9.37 Å². The number of halogens is 1. The molecule has 19 heavy (non-hydrogen) atoms. The fraction of sp³-hybridized carbons (Fsp3) is 0.400. The Bertz CT molecular complexity index is 631. The van der Waals surface area contributed by atoms with E-state index >= 15 is 0 Å². The van der Waals surface area contributed by atoms with Gasteiger partial charge in [0.1, 0.15) is 23.2 Å². The first-order valence-electron chi connectivity index (χ1n) is 6.67. The van der Waals surface area contributed by atoms with Crippen molar-refractivity contribution in [3.05, 3.63) is 35.4 Å². The second kappa shape index (κ2) is 4.37. The van der Waals surface area contributed by atoms with E-state index in [1.54, 1.807) is 13.0 Å². The Labute approximate surface area is 112 Å². The van der Waals surface area contributed by atoms with Crippen LogP contribution in [0.4, 0.5) is 10.2 Å². The Balaban J connectivity index is 2.08. The number of anilines is 1. The average Bonchev–Trinajstić information content (AvgIpc) is 2.70. The predicted molar refractivity (Wildman–Crippen MR) is 74.3 cm³/mol. The molecule has 4 heteroatoms. The van der Waals surface area contributed by atoms with Crippen molar-refractivity contribution in [1.29, 1.82) is 0 Å². The molecule has 3 nitrogen and oxygen atoms in total. The molecule has 1 aromatic heterocycles. The van der Waals surface area contributed by atoms with Crippen molar-refractivity contribution < 1.29 is 4.39 Å². The number of rotatable bonds is 1. The third-order valence-corrected chi connectivity index (χ3v) is 3.89. The van der Waals surface area contributed by atoms with Crippen LogP contribution in [0.25, 0.3) is 11.3 Å². The highest BCUT2D eigenvalue weighted by atomic mass is 19.1. The summed E-state index contributed by atoms with van der Waals surface area (Å²) in [7, 11) is 0. The molecule has 2 heterocycles. The summed E-state index contributed by atoms with van der Waals surface area (Å²) >= 11 is 0. The summed E-state index contributed by atoms with van der Waals surface area (Å²) in [5, 5.41) is 0. The molecule has 0 saturated carbocycles. The zero-order valence-corrected chi connectivity index (χ0v) is 11.3. The van der Waals surface area contributed by atoms with Gasteiger partial charge in [0.25, 0.3) is 0 Å². The van der Waals surface area contributed by atoms with Crippen LogP contribution in [0.3, 0.4) is 0 Å². The Kier molecular flexibility index (Phi) is 2.81. The Hall–Kier alpha value is -1.84. The topological polar surface area (TPSA) is 43.8 Å². The minimum absolute atomic E-state index is 0.195. The standard InChI is InChI=1S/C15H18FN3/c1-9-5-6-19-13(7-9)18-14(15(19)17)11-3-4-12(16)10(2)8-11/h3-4,8-9H,5-7,17H2,1-2H3. The maximum absolute atomic E-state index is 13.3. The van der Waals surface area contributed by atoms with Crippen molar-refractivity contribution in [1.82, 2.24) is 9.55 Å². The number of hydrogen-bond donors (Lipinski definition) is 1. The van der Waals surface area contributed by atoms with E-state index in [9.17, 15) is 4.39 Å². The number of aromatic nitrogens is 2. The zero-order valence-electron chi connectivity index (χ0n) is 11.3. The number of nitrogens with two attached hydrogens (primary N) is 1. The number of nitrogens with zero attached hydrogens (tertiary/aromatic N) is 2. The first kappa shape index (κ1) is 12.2. The molecule has 0 amide bonds. The first-order valence-corrected chi connectivity index (χ1v) is 6.67. The summed E-state index contributed by atoms with van der Waals surface area (Å²) < 4.78 is 15.4. The lowest BCUT2D eigenvalue weighted by Gasteiger charge is -2.20. The predicted octanol–water partition coefficient (Wildman–Crippen LogP) is 3.16. The van der Waals surface area contributed by atoms with Crippen LogP contribution in [0, 0.1) is 18.7 Å². The van der Waals surface area contributed by atoms with Gasteiger partial charge >= 0.3 is 0 Å². The molecule has 1 atom stereocenters. The minimum atomic E-state index is -0.195. The molecule has 2 N–H and O–H groups in total. The summed E-state index contributed by atoms with van der Waals surface area (Å²) in [6.07, 6.45) is 2.10. The van der Waals surface area contributed by atoms with Gasteiger partial charge in [-0.3, -0.25) is 0 Å². The summed E-state index contributed by atoms with van der Waals surface area (Å²) in [5.41, 5.74) is 8.50. The second-order valence-corrected chi connectivity index (χ2v) is 5.48. The number of aryl methyl sites for hydroxylation is 1. The van der Waals surface area contributed by atoms with Crippen molar-refractivity contribution in [2.75, 3.05) is 5.73 Å². The maximum Gasteiger partial charge on any atom is 0.131 e. The van der Waals surface area contributed by atoms with Gasteiger partial charge in [-0.2, -0.15) is 0 Å². The number of nitrogen functional groups attached to an aromatic ring is 1. The quantitative estimate of drug-likeness (QED) is 0.855. The van der Waals surface area contributed by atoms with Crippen molar-refractivity contribution in [2.24, 2.45) is 5.92 Å².